The van der Waals surface area contributed by atoms with Gasteiger partial charge in [0.1, 0.15) is 0 Å². The number of nitrogens with one attached hydrogen (secondary N) is 1. The number of rotatable bonds is 5. The van der Waals surface area contributed by atoms with Gasteiger partial charge in [-0.3, -0.25) is 0 Å². The van der Waals surface area contributed by atoms with Crippen LogP contribution in [0.5, 0.6) is 0 Å². The van der Waals surface area contributed by atoms with Crippen molar-refractivity contribution < 1.29 is 5.11 Å². The molecule has 18 heavy (non-hydrogen) atoms. The minimum absolute atomic E-state index is 0.472. The maximum absolute atomic E-state index is 10.5. The molecule has 0 aromatic heterocycles. The molecule has 1 aliphatic rings. The Morgan fingerprint density at radius 2 is 1.89 bits per heavy atom. The highest BCUT2D eigenvalue weighted by Gasteiger charge is 2.33. The molecule has 0 aliphatic heterocycles. The minimum atomic E-state index is -0.472. The molecule has 1 aliphatic carbocycles. The monoisotopic (exact) mass is 247 g/mol. The molecule has 1 aromatic rings. The van der Waals surface area contributed by atoms with Crippen LogP contribution in [0.15, 0.2) is 30.3 Å². The maximum atomic E-state index is 10.5. The second kappa shape index (κ2) is 6.35. The average Bonchev–Trinajstić information content (AvgIpc) is 2.41. The largest absolute Gasteiger partial charge is 0.389 e. The van der Waals surface area contributed by atoms with Gasteiger partial charge in [-0.1, -0.05) is 37.3 Å². The van der Waals surface area contributed by atoms with Gasteiger partial charge in [-0.2, -0.15) is 0 Å². The number of benzene rings is 1. The van der Waals surface area contributed by atoms with E-state index in [1.165, 1.54) is 5.56 Å². The Morgan fingerprint density at radius 1 is 1.22 bits per heavy atom. The molecule has 1 saturated carbocycles. The van der Waals surface area contributed by atoms with E-state index >= 15 is 0 Å². The number of hydrogen-bond donors (Lipinski definition) is 2. The van der Waals surface area contributed by atoms with Crippen molar-refractivity contribution in [1.29, 1.82) is 0 Å². The van der Waals surface area contributed by atoms with E-state index in [1.807, 2.05) is 0 Å². The lowest BCUT2D eigenvalue weighted by Gasteiger charge is -2.36. The summed E-state index contributed by atoms with van der Waals surface area (Å²) in [5.41, 5.74) is 0.960. The van der Waals surface area contributed by atoms with Gasteiger partial charge in [-0.15, -0.1) is 0 Å². The van der Waals surface area contributed by atoms with Gasteiger partial charge in [0, 0.05) is 6.54 Å². The fourth-order valence-electron chi connectivity index (χ4n) is 2.89. The van der Waals surface area contributed by atoms with Gasteiger partial charge in [0.2, 0.25) is 0 Å². The normalized spacial score (nSPS) is 28.2. The summed E-state index contributed by atoms with van der Waals surface area (Å²) in [5.74, 6) is 0.637. The summed E-state index contributed by atoms with van der Waals surface area (Å²) in [7, 11) is 0. The molecular formula is C16H25NO. The molecule has 2 N–H and O–H groups in total. The van der Waals surface area contributed by atoms with Crippen LogP contribution >= 0.6 is 0 Å². The van der Waals surface area contributed by atoms with Crippen LogP contribution in [0.25, 0.3) is 0 Å². The molecule has 2 rings (SSSR count). The predicted molar refractivity (Wildman–Crippen MR) is 75.8 cm³/mol. The zero-order chi connectivity index (χ0) is 12.8. The highest BCUT2D eigenvalue weighted by molar-refractivity contribution is 5.20. The van der Waals surface area contributed by atoms with E-state index in [0.29, 0.717) is 5.92 Å². The second-order valence-corrected chi connectivity index (χ2v) is 5.59. The Hall–Kier alpha value is -0.860. The fourth-order valence-corrected chi connectivity index (χ4v) is 2.89. The zero-order valence-electron chi connectivity index (χ0n) is 11.4. The highest BCUT2D eigenvalue weighted by Crippen LogP contribution is 2.37. The van der Waals surface area contributed by atoms with Crippen molar-refractivity contribution in [2.75, 3.05) is 13.1 Å². The summed E-state index contributed by atoms with van der Waals surface area (Å²) in [6, 6.07) is 10.7. The van der Waals surface area contributed by atoms with Crippen molar-refractivity contribution in [3.63, 3.8) is 0 Å². The first-order valence-corrected chi connectivity index (χ1v) is 7.21. The molecule has 0 saturated heterocycles. The first-order valence-electron chi connectivity index (χ1n) is 7.21. The van der Waals surface area contributed by atoms with Gasteiger partial charge in [0.05, 0.1) is 5.60 Å². The maximum Gasteiger partial charge on any atom is 0.0772 e. The van der Waals surface area contributed by atoms with Gasteiger partial charge in [0.25, 0.3) is 0 Å². The summed E-state index contributed by atoms with van der Waals surface area (Å²) < 4.78 is 0. The Morgan fingerprint density at radius 3 is 2.50 bits per heavy atom. The standard InChI is InChI=1S/C16H25NO/c1-2-12-17-13-16(18)10-8-15(9-11-16)14-6-4-3-5-7-14/h3-7,15,17-18H,2,8-13H2,1H3. The molecule has 2 heteroatoms. The van der Waals surface area contributed by atoms with E-state index < -0.39 is 5.60 Å². The molecule has 0 bridgehead atoms. The molecule has 1 fully saturated rings. The van der Waals surface area contributed by atoms with Crippen molar-refractivity contribution >= 4 is 0 Å². The van der Waals surface area contributed by atoms with Crippen LogP contribution in [0.4, 0.5) is 0 Å². The summed E-state index contributed by atoms with van der Waals surface area (Å²) in [4.78, 5) is 0. The average molecular weight is 247 g/mol. The Labute approximate surface area is 110 Å². The quantitative estimate of drug-likeness (QED) is 0.784. The zero-order valence-corrected chi connectivity index (χ0v) is 11.4. The Balaban J connectivity index is 1.84. The first-order chi connectivity index (χ1) is 8.73. The third kappa shape index (κ3) is 3.56. The molecule has 0 atom stereocenters. The molecule has 0 radical (unpaired) electrons. The van der Waals surface area contributed by atoms with E-state index in [4.69, 9.17) is 0 Å². The molecule has 0 spiro atoms. The summed E-state index contributed by atoms with van der Waals surface area (Å²) in [6.45, 7) is 3.91. The molecule has 2 nitrogen and oxygen atoms in total. The van der Waals surface area contributed by atoms with Crippen molar-refractivity contribution in [1.82, 2.24) is 5.32 Å². The third-order valence-electron chi connectivity index (χ3n) is 4.07. The van der Waals surface area contributed by atoms with E-state index in [1.54, 1.807) is 0 Å². The van der Waals surface area contributed by atoms with Crippen LogP contribution < -0.4 is 5.32 Å². The lowest BCUT2D eigenvalue weighted by Crippen LogP contribution is -2.43. The number of aliphatic hydroxyl groups is 1. The van der Waals surface area contributed by atoms with Crippen LogP contribution in [0, 0.1) is 0 Å². The van der Waals surface area contributed by atoms with E-state index in [9.17, 15) is 5.11 Å². The van der Waals surface area contributed by atoms with Gasteiger partial charge in [0.15, 0.2) is 0 Å². The first kappa shape index (κ1) is 13.6. The molecule has 1 aromatic carbocycles. The van der Waals surface area contributed by atoms with Crippen LogP contribution in [0.1, 0.15) is 50.5 Å². The Kier molecular flexibility index (Phi) is 4.79. The fraction of sp³-hybridized carbons (Fsp3) is 0.625. The van der Waals surface area contributed by atoms with Crippen molar-refractivity contribution in [2.45, 2.75) is 50.5 Å². The lowest BCUT2D eigenvalue weighted by atomic mass is 9.76. The van der Waals surface area contributed by atoms with Crippen molar-refractivity contribution in [3.05, 3.63) is 35.9 Å². The molecular weight excluding hydrogens is 222 g/mol. The minimum Gasteiger partial charge on any atom is -0.389 e. The van der Waals surface area contributed by atoms with Gasteiger partial charge >= 0.3 is 0 Å². The second-order valence-electron chi connectivity index (χ2n) is 5.59. The predicted octanol–water partition coefficient (Wildman–Crippen LogP) is 3.07. The van der Waals surface area contributed by atoms with Gasteiger partial charge < -0.3 is 10.4 Å². The summed E-state index contributed by atoms with van der Waals surface area (Å²) in [6.07, 6.45) is 5.18. The van der Waals surface area contributed by atoms with E-state index in [0.717, 1.165) is 45.2 Å². The topological polar surface area (TPSA) is 32.3 Å². The van der Waals surface area contributed by atoms with Crippen LogP contribution in [0.2, 0.25) is 0 Å². The highest BCUT2D eigenvalue weighted by atomic mass is 16.3. The Bertz CT molecular complexity index is 341. The van der Waals surface area contributed by atoms with Crippen LogP contribution in [-0.2, 0) is 0 Å². The van der Waals surface area contributed by atoms with E-state index in [2.05, 4.69) is 42.6 Å². The SMILES string of the molecule is CCCNCC1(O)CCC(c2ccccc2)CC1. The van der Waals surface area contributed by atoms with E-state index in [-0.39, 0.29) is 0 Å². The van der Waals surface area contributed by atoms with Crippen molar-refractivity contribution in [2.24, 2.45) is 0 Å². The molecule has 0 amide bonds. The summed E-state index contributed by atoms with van der Waals surface area (Å²) >= 11 is 0. The third-order valence-corrected chi connectivity index (χ3v) is 4.07. The molecule has 100 valence electrons. The van der Waals surface area contributed by atoms with Crippen LogP contribution in [0.3, 0.4) is 0 Å². The summed E-state index contributed by atoms with van der Waals surface area (Å²) in [5, 5.41) is 13.8. The number of hydrogen-bond acceptors (Lipinski definition) is 2. The molecule has 0 heterocycles. The lowest BCUT2D eigenvalue weighted by molar-refractivity contribution is 0.000259. The van der Waals surface area contributed by atoms with Gasteiger partial charge in [-0.05, 0) is 50.1 Å². The molecule has 0 unspecified atom stereocenters. The van der Waals surface area contributed by atoms with Crippen molar-refractivity contribution in [3.8, 4) is 0 Å². The van der Waals surface area contributed by atoms with Crippen LogP contribution in [-0.4, -0.2) is 23.8 Å². The smallest absolute Gasteiger partial charge is 0.0772 e. The van der Waals surface area contributed by atoms with Gasteiger partial charge in [-0.25, -0.2) is 0 Å².